The van der Waals surface area contributed by atoms with Crippen molar-refractivity contribution in [2.24, 2.45) is 0 Å². The number of anilines is 3. The van der Waals surface area contributed by atoms with Crippen LogP contribution in [0.15, 0.2) is 30.3 Å². The fraction of sp³-hybridized carbons (Fsp3) is 0.312. The zero-order valence-electron chi connectivity index (χ0n) is 12.5. The molecule has 21 heavy (non-hydrogen) atoms. The number of aromatic nitrogens is 2. The van der Waals surface area contributed by atoms with E-state index in [0.717, 1.165) is 23.6 Å². The highest BCUT2D eigenvalue weighted by Gasteiger charge is 2.05. The Morgan fingerprint density at radius 2 is 1.95 bits per heavy atom. The van der Waals surface area contributed by atoms with Crippen LogP contribution in [0, 0.1) is 18.3 Å². The average Bonchev–Trinajstić information content (AvgIpc) is 2.47. The van der Waals surface area contributed by atoms with E-state index in [1.165, 1.54) is 0 Å². The van der Waals surface area contributed by atoms with Gasteiger partial charge in [0.05, 0.1) is 11.6 Å². The SMILES string of the molecule is CCC(C)Nc1nc(C)cc(Nc2ccc(C#N)cc2)n1. The molecule has 2 aromatic rings. The first-order valence-corrected chi connectivity index (χ1v) is 7.00. The van der Waals surface area contributed by atoms with Crippen LogP contribution in [-0.2, 0) is 0 Å². The molecule has 0 aliphatic heterocycles. The van der Waals surface area contributed by atoms with Crippen LogP contribution in [0.25, 0.3) is 0 Å². The maximum atomic E-state index is 8.80. The molecule has 0 spiro atoms. The summed E-state index contributed by atoms with van der Waals surface area (Å²) in [6.45, 7) is 6.15. The minimum absolute atomic E-state index is 0.328. The van der Waals surface area contributed by atoms with Gasteiger partial charge < -0.3 is 10.6 Å². The van der Waals surface area contributed by atoms with E-state index in [1.807, 2.05) is 25.1 Å². The van der Waals surface area contributed by atoms with Crippen LogP contribution in [0.5, 0.6) is 0 Å². The van der Waals surface area contributed by atoms with Gasteiger partial charge in [0.1, 0.15) is 5.82 Å². The van der Waals surface area contributed by atoms with Gasteiger partial charge in [-0.1, -0.05) is 6.92 Å². The highest BCUT2D eigenvalue weighted by molar-refractivity contribution is 5.58. The lowest BCUT2D eigenvalue weighted by Gasteiger charge is -2.13. The van der Waals surface area contributed by atoms with Crippen LogP contribution >= 0.6 is 0 Å². The van der Waals surface area contributed by atoms with Gasteiger partial charge in [-0.25, -0.2) is 4.98 Å². The Hall–Kier alpha value is -2.61. The van der Waals surface area contributed by atoms with Gasteiger partial charge in [0.25, 0.3) is 0 Å². The van der Waals surface area contributed by atoms with Crippen LogP contribution in [0.1, 0.15) is 31.5 Å². The summed E-state index contributed by atoms with van der Waals surface area (Å²) >= 11 is 0. The Bertz CT molecular complexity index is 643. The molecule has 0 radical (unpaired) electrons. The van der Waals surface area contributed by atoms with Crippen LogP contribution in [0.3, 0.4) is 0 Å². The lowest BCUT2D eigenvalue weighted by molar-refractivity contribution is 0.752. The molecule has 5 nitrogen and oxygen atoms in total. The number of hydrogen-bond donors (Lipinski definition) is 2. The molecule has 1 aromatic carbocycles. The van der Waals surface area contributed by atoms with E-state index in [1.54, 1.807) is 12.1 Å². The Balaban J connectivity index is 2.17. The fourth-order valence-corrected chi connectivity index (χ4v) is 1.80. The molecule has 5 heteroatoms. The number of nitrogens with zero attached hydrogens (tertiary/aromatic N) is 3. The molecule has 108 valence electrons. The summed E-state index contributed by atoms with van der Waals surface area (Å²) in [4.78, 5) is 8.85. The summed E-state index contributed by atoms with van der Waals surface area (Å²) < 4.78 is 0. The monoisotopic (exact) mass is 281 g/mol. The van der Waals surface area contributed by atoms with Crippen LogP contribution in [0.2, 0.25) is 0 Å². The van der Waals surface area contributed by atoms with E-state index < -0.39 is 0 Å². The molecule has 1 aromatic heterocycles. The van der Waals surface area contributed by atoms with Gasteiger partial charge >= 0.3 is 0 Å². The third-order valence-electron chi connectivity index (χ3n) is 3.13. The molecular formula is C16H19N5. The van der Waals surface area contributed by atoms with Gasteiger partial charge in [-0.2, -0.15) is 10.2 Å². The zero-order valence-corrected chi connectivity index (χ0v) is 12.5. The molecule has 0 saturated carbocycles. The smallest absolute Gasteiger partial charge is 0.225 e. The van der Waals surface area contributed by atoms with Crippen molar-refractivity contribution in [1.82, 2.24) is 9.97 Å². The Kier molecular flexibility index (Phi) is 4.72. The van der Waals surface area contributed by atoms with E-state index in [9.17, 15) is 0 Å². The molecule has 0 fully saturated rings. The molecule has 2 rings (SSSR count). The van der Waals surface area contributed by atoms with Crippen molar-refractivity contribution in [2.45, 2.75) is 33.2 Å². The molecule has 1 heterocycles. The first-order valence-electron chi connectivity index (χ1n) is 7.00. The van der Waals surface area contributed by atoms with E-state index in [4.69, 9.17) is 5.26 Å². The number of benzene rings is 1. The summed E-state index contributed by atoms with van der Waals surface area (Å²) in [6, 6.07) is 11.6. The molecular weight excluding hydrogens is 262 g/mol. The van der Waals surface area contributed by atoms with E-state index in [2.05, 4.69) is 40.5 Å². The zero-order chi connectivity index (χ0) is 15.2. The third-order valence-corrected chi connectivity index (χ3v) is 3.13. The highest BCUT2D eigenvalue weighted by Crippen LogP contribution is 2.17. The van der Waals surface area contributed by atoms with Gasteiger partial charge in [0.15, 0.2) is 0 Å². The average molecular weight is 281 g/mol. The van der Waals surface area contributed by atoms with E-state index >= 15 is 0 Å². The minimum Gasteiger partial charge on any atom is -0.352 e. The molecule has 0 bridgehead atoms. The second-order valence-electron chi connectivity index (χ2n) is 4.99. The molecule has 0 aliphatic rings. The normalized spacial score (nSPS) is 11.5. The molecule has 0 amide bonds. The summed E-state index contributed by atoms with van der Waals surface area (Å²) in [5.74, 6) is 1.36. The van der Waals surface area contributed by atoms with Crippen LogP contribution in [0.4, 0.5) is 17.5 Å². The number of aryl methyl sites for hydroxylation is 1. The van der Waals surface area contributed by atoms with Crippen molar-refractivity contribution in [3.63, 3.8) is 0 Å². The summed E-state index contributed by atoms with van der Waals surface area (Å²) in [5, 5.41) is 15.3. The van der Waals surface area contributed by atoms with Crippen LogP contribution in [-0.4, -0.2) is 16.0 Å². The first-order chi connectivity index (χ1) is 10.1. The lowest BCUT2D eigenvalue weighted by atomic mass is 10.2. The maximum Gasteiger partial charge on any atom is 0.225 e. The second kappa shape index (κ2) is 6.71. The molecule has 0 aliphatic carbocycles. The van der Waals surface area contributed by atoms with Gasteiger partial charge in [-0.05, 0) is 44.5 Å². The predicted molar refractivity (Wildman–Crippen MR) is 84.6 cm³/mol. The highest BCUT2D eigenvalue weighted by atomic mass is 15.2. The molecule has 0 saturated heterocycles. The molecule has 1 unspecified atom stereocenters. The third kappa shape index (κ3) is 4.18. The topological polar surface area (TPSA) is 73.6 Å². The quantitative estimate of drug-likeness (QED) is 0.875. The Morgan fingerprint density at radius 1 is 1.24 bits per heavy atom. The van der Waals surface area contributed by atoms with Crippen molar-refractivity contribution >= 4 is 17.5 Å². The van der Waals surface area contributed by atoms with E-state index in [0.29, 0.717) is 17.6 Å². The van der Waals surface area contributed by atoms with E-state index in [-0.39, 0.29) is 0 Å². The fourth-order valence-electron chi connectivity index (χ4n) is 1.80. The summed E-state index contributed by atoms with van der Waals surface area (Å²) in [7, 11) is 0. The van der Waals surface area contributed by atoms with Gasteiger partial charge in [0.2, 0.25) is 5.95 Å². The van der Waals surface area contributed by atoms with Crippen molar-refractivity contribution in [1.29, 1.82) is 5.26 Å². The van der Waals surface area contributed by atoms with Crippen molar-refractivity contribution < 1.29 is 0 Å². The molecule has 2 N–H and O–H groups in total. The second-order valence-corrected chi connectivity index (χ2v) is 4.99. The first kappa shape index (κ1) is 14.8. The van der Waals surface area contributed by atoms with Crippen LogP contribution < -0.4 is 10.6 Å². The number of rotatable bonds is 5. The minimum atomic E-state index is 0.328. The molecule has 1 atom stereocenters. The number of nitrogens with one attached hydrogen (secondary N) is 2. The maximum absolute atomic E-state index is 8.80. The van der Waals surface area contributed by atoms with Gasteiger partial charge in [-0.3, -0.25) is 0 Å². The lowest BCUT2D eigenvalue weighted by Crippen LogP contribution is -2.16. The van der Waals surface area contributed by atoms with Crippen molar-refractivity contribution in [2.75, 3.05) is 10.6 Å². The van der Waals surface area contributed by atoms with Crippen molar-refractivity contribution in [3.05, 3.63) is 41.6 Å². The van der Waals surface area contributed by atoms with Gasteiger partial charge in [0, 0.05) is 23.5 Å². The Labute approximate surface area is 125 Å². The Morgan fingerprint density at radius 3 is 2.57 bits per heavy atom. The summed E-state index contributed by atoms with van der Waals surface area (Å²) in [5.41, 5.74) is 2.42. The van der Waals surface area contributed by atoms with Gasteiger partial charge in [-0.15, -0.1) is 0 Å². The largest absolute Gasteiger partial charge is 0.352 e. The van der Waals surface area contributed by atoms with Crippen molar-refractivity contribution in [3.8, 4) is 6.07 Å². The standard InChI is InChI=1S/C16H19N5/c1-4-11(2)18-16-19-12(3)9-15(21-16)20-14-7-5-13(10-17)6-8-14/h5-9,11H,4H2,1-3H3,(H2,18,19,20,21). The number of hydrogen-bond acceptors (Lipinski definition) is 5. The summed E-state index contributed by atoms with van der Waals surface area (Å²) in [6.07, 6.45) is 1.01. The predicted octanol–water partition coefficient (Wildman–Crippen LogP) is 3.61. The number of nitriles is 1.